The molecule has 3 aliphatic rings. The van der Waals surface area contributed by atoms with Gasteiger partial charge in [-0.2, -0.15) is 15.2 Å². The molecule has 2 saturated heterocycles. The summed E-state index contributed by atoms with van der Waals surface area (Å²) in [6.45, 7) is 5.42. The molecule has 1 aromatic heterocycles. The smallest absolute Gasteiger partial charge is 0.318 e. The number of fused-ring (bicyclic) bond motifs is 2. The van der Waals surface area contributed by atoms with Crippen LogP contribution in [-0.2, 0) is 17.8 Å². The van der Waals surface area contributed by atoms with Crippen molar-refractivity contribution in [3.8, 4) is 12.1 Å². The van der Waals surface area contributed by atoms with E-state index in [-0.39, 0.29) is 36.1 Å². The van der Waals surface area contributed by atoms with Crippen molar-refractivity contribution in [2.75, 3.05) is 62.8 Å². The SMILES string of the molecule is Cc1cccc2cccc(N3CCc4c(nc(OC[C@H]5C[C@@H](F)CN5C)nc4N4CCN(C(=O)/C=C/CO)[C@@H]([C@@H]([SiH3])C#N)C4)C3)c12. The zero-order valence-electron chi connectivity index (χ0n) is 26.8. The molecular formula is C34H42FN7O3Si. The van der Waals surface area contributed by atoms with Crippen molar-refractivity contribution in [1.29, 1.82) is 5.26 Å². The summed E-state index contributed by atoms with van der Waals surface area (Å²) in [5, 5.41) is 21.5. The predicted octanol–water partition coefficient (Wildman–Crippen LogP) is 2.17. The molecule has 0 spiro atoms. The molecule has 6 rings (SSSR count). The molecule has 12 heteroatoms. The summed E-state index contributed by atoms with van der Waals surface area (Å²) in [4.78, 5) is 31.2. The first-order valence-corrected chi connectivity index (χ1v) is 17.3. The van der Waals surface area contributed by atoms with Gasteiger partial charge in [0.05, 0.1) is 36.5 Å². The van der Waals surface area contributed by atoms with Crippen molar-refractivity contribution in [2.24, 2.45) is 0 Å². The third-order valence-electron chi connectivity index (χ3n) is 9.64. The quantitative estimate of drug-likeness (QED) is 0.292. The van der Waals surface area contributed by atoms with Gasteiger partial charge in [-0.25, -0.2) is 4.39 Å². The van der Waals surface area contributed by atoms with Crippen LogP contribution >= 0.6 is 0 Å². The van der Waals surface area contributed by atoms with Crippen molar-refractivity contribution in [3.63, 3.8) is 0 Å². The Hall–Kier alpha value is -4.05. The maximum Gasteiger partial charge on any atom is 0.318 e. The Kier molecular flexibility index (Phi) is 9.54. The Bertz CT molecular complexity index is 1660. The number of aromatic nitrogens is 2. The number of piperazine rings is 1. The van der Waals surface area contributed by atoms with Gasteiger partial charge in [0.25, 0.3) is 0 Å². The van der Waals surface area contributed by atoms with Crippen LogP contribution in [0.25, 0.3) is 10.8 Å². The summed E-state index contributed by atoms with van der Waals surface area (Å²) in [7, 11) is 2.51. The number of ether oxygens (including phenoxy) is 1. The molecule has 0 saturated carbocycles. The molecule has 242 valence electrons. The number of carbonyl (C=O) groups is 1. The molecule has 10 nitrogen and oxygen atoms in total. The van der Waals surface area contributed by atoms with Crippen molar-refractivity contribution >= 4 is 38.4 Å². The Morgan fingerprint density at radius 2 is 2.00 bits per heavy atom. The fourth-order valence-electron chi connectivity index (χ4n) is 7.11. The lowest BCUT2D eigenvalue weighted by Gasteiger charge is -2.44. The molecule has 0 bridgehead atoms. The summed E-state index contributed by atoms with van der Waals surface area (Å²) in [5.41, 5.74) is 4.06. The molecule has 0 radical (unpaired) electrons. The van der Waals surface area contributed by atoms with Crippen molar-refractivity contribution in [3.05, 3.63) is 65.4 Å². The molecule has 1 N–H and O–H groups in total. The number of carbonyl (C=O) groups excluding carboxylic acids is 1. The molecule has 4 heterocycles. The lowest BCUT2D eigenvalue weighted by Crippen LogP contribution is -2.57. The van der Waals surface area contributed by atoms with Crippen LogP contribution in [0.15, 0.2) is 48.6 Å². The molecule has 0 aliphatic carbocycles. The largest absolute Gasteiger partial charge is 0.462 e. The number of aliphatic hydroxyl groups excluding tert-OH is 1. The van der Waals surface area contributed by atoms with E-state index < -0.39 is 6.17 Å². The monoisotopic (exact) mass is 643 g/mol. The molecule has 2 fully saturated rings. The van der Waals surface area contributed by atoms with Crippen molar-refractivity contribution in [1.82, 2.24) is 19.8 Å². The number of likely N-dealkylation sites (tertiary alicyclic amines) is 1. The van der Waals surface area contributed by atoms with Gasteiger partial charge in [-0.1, -0.05) is 36.4 Å². The van der Waals surface area contributed by atoms with Crippen molar-refractivity contribution < 1.29 is 19.0 Å². The van der Waals surface area contributed by atoms with E-state index in [1.807, 2.05) is 11.9 Å². The minimum Gasteiger partial charge on any atom is -0.462 e. The molecule has 0 unspecified atom stereocenters. The fraction of sp³-hybridized carbons (Fsp3) is 0.471. The number of nitrogens with zero attached hydrogens (tertiary/aromatic N) is 7. The lowest BCUT2D eigenvalue weighted by molar-refractivity contribution is -0.128. The maximum atomic E-state index is 14.1. The van der Waals surface area contributed by atoms with E-state index >= 15 is 0 Å². The van der Waals surface area contributed by atoms with Crippen LogP contribution in [0.1, 0.15) is 23.2 Å². The molecule has 2 aromatic carbocycles. The van der Waals surface area contributed by atoms with Crippen LogP contribution in [0.3, 0.4) is 0 Å². The standard InChI is InChI=1S/C34H42FN7O3Si/c1-22-6-3-7-23-8-4-9-28(32(22)23)40-12-11-26-27(19-40)37-34(45-21-25-16-24(35)18-39(25)2)38-33(26)41-13-14-42(31(44)10-5-15-43)29(20-41)30(46)17-36/h3-10,24-25,29-30,43H,11-16,18-21H2,1-2,46H3/b10-5+/t24-,25-,29-,30+/m1/s1. The lowest BCUT2D eigenvalue weighted by atomic mass is 9.99. The predicted molar refractivity (Wildman–Crippen MR) is 180 cm³/mol. The Labute approximate surface area is 272 Å². The van der Waals surface area contributed by atoms with Gasteiger partial charge in [-0.3, -0.25) is 9.69 Å². The maximum absolute atomic E-state index is 14.1. The van der Waals surface area contributed by atoms with Crippen LogP contribution in [0.4, 0.5) is 15.9 Å². The summed E-state index contributed by atoms with van der Waals surface area (Å²) in [6.07, 6.45) is 3.10. The molecular weight excluding hydrogens is 602 g/mol. The van der Waals surface area contributed by atoms with E-state index in [0.29, 0.717) is 56.0 Å². The number of hydrogen-bond donors (Lipinski definition) is 1. The van der Waals surface area contributed by atoms with E-state index in [9.17, 15) is 19.6 Å². The number of benzene rings is 2. The van der Waals surface area contributed by atoms with Gasteiger partial charge in [0.1, 0.15) is 18.6 Å². The van der Waals surface area contributed by atoms with E-state index in [0.717, 1.165) is 30.0 Å². The number of aryl methyl sites for hydroxylation is 1. The van der Waals surface area contributed by atoms with Crippen LogP contribution in [-0.4, -0.2) is 112 Å². The van der Waals surface area contributed by atoms with Gasteiger partial charge in [-0.15, -0.1) is 0 Å². The number of aliphatic hydroxyl groups is 1. The Balaban J connectivity index is 1.34. The van der Waals surface area contributed by atoms with Gasteiger partial charge in [0, 0.05) is 71.7 Å². The summed E-state index contributed by atoms with van der Waals surface area (Å²) in [5.74, 6) is 0.586. The highest BCUT2D eigenvalue weighted by Crippen LogP contribution is 2.36. The zero-order valence-corrected chi connectivity index (χ0v) is 28.8. The van der Waals surface area contributed by atoms with Crippen LogP contribution in [0.2, 0.25) is 5.54 Å². The summed E-state index contributed by atoms with van der Waals surface area (Å²) >= 11 is 0. The number of nitriles is 1. The normalized spacial score (nSPS) is 22.8. The van der Waals surface area contributed by atoms with Gasteiger partial charge >= 0.3 is 6.01 Å². The van der Waals surface area contributed by atoms with Gasteiger partial charge in [-0.05, 0) is 43.8 Å². The summed E-state index contributed by atoms with van der Waals surface area (Å²) < 4.78 is 20.3. The molecule has 3 aromatic rings. The second-order valence-corrected chi connectivity index (χ2v) is 13.9. The minimum absolute atomic E-state index is 0.0550. The number of hydrogen-bond acceptors (Lipinski definition) is 9. The Morgan fingerprint density at radius 3 is 2.74 bits per heavy atom. The van der Waals surface area contributed by atoms with Crippen molar-refractivity contribution in [2.45, 2.75) is 50.1 Å². The molecule has 4 atom stereocenters. The first kappa shape index (κ1) is 31.9. The number of anilines is 2. The summed E-state index contributed by atoms with van der Waals surface area (Å²) in [6, 6.07) is 15.1. The second-order valence-electron chi connectivity index (χ2n) is 12.7. The topological polar surface area (TPSA) is 109 Å². The third kappa shape index (κ3) is 6.45. The number of alkyl halides is 1. The molecule has 46 heavy (non-hydrogen) atoms. The minimum atomic E-state index is -0.870. The van der Waals surface area contributed by atoms with Gasteiger partial charge in [0.2, 0.25) is 5.91 Å². The number of halogens is 1. The first-order chi connectivity index (χ1) is 22.3. The van der Waals surface area contributed by atoms with E-state index in [4.69, 9.17) is 14.7 Å². The average Bonchev–Trinajstić information content (AvgIpc) is 3.40. The van der Waals surface area contributed by atoms with Gasteiger partial charge in [0.15, 0.2) is 0 Å². The highest BCUT2D eigenvalue weighted by molar-refractivity contribution is 6.14. The van der Waals surface area contributed by atoms with Crippen LogP contribution < -0.4 is 14.5 Å². The van der Waals surface area contributed by atoms with Gasteiger partial charge < -0.3 is 24.5 Å². The average molecular weight is 644 g/mol. The van der Waals surface area contributed by atoms with Crippen LogP contribution in [0.5, 0.6) is 6.01 Å². The number of likely N-dealkylation sites (N-methyl/N-ethyl adjacent to an activating group) is 1. The van der Waals surface area contributed by atoms with E-state index in [1.165, 1.54) is 34.2 Å². The highest BCUT2D eigenvalue weighted by atomic mass is 28.1. The third-order valence-corrected chi connectivity index (χ3v) is 10.7. The Morgan fingerprint density at radius 1 is 1.20 bits per heavy atom. The first-order valence-electron chi connectivity index (χ1n) is 16.1. The number of amides is 1. The van der Waals surface area contributed by atoms with E-state index in [2.05, 4.69) is 59.2 Å². The highest BCUT2D eigenvalue weighted by Gasteiger charge is 2.36. The second kappa shape index (κ2) is 13.7. The van der Waals surface area contributed by atoms with E-state index in [1.54, 1.807) is 4.90 Å². The number of rotatable bonds is 8. The fourth-order valence-corrected chi connectivity index (χ4v) is 7.68. The van der Waals surface area contributed by atoms with Crippen LogP contribution in [0, 0.1) is 18.3 Å². The zero-order chi connectivity index (χ0) is 32.4. The molecule has 3 aliphatic heterocycles. The molecule has 1 amide bonds.